The molecule has 2 heterocycles. The van der Waals surface area contributed by atoms with E-state index in [1.54, 1.807) is 6.20 Å². The van der Waals surface area contributed by atoms with Crippen LogP contribution in [0.2, 0.25) is 5.02 Å². The molecule has 7 nitrogen and oxygen atoms in total. The van der Waals surface area contributed by atoms with Crippen LogP contribution in [0.4, 0.5) is 11.9 Å². The van der Waals surface area contributed by atoms with Crippen LogP contribution in [0.1, 0.15) is 46.6 Å². The predicted octanol–water partition coefficient (Wildman–Crippen LogP) is 5.44. The number of hydrogen-bond donors (Lipinski definition) is 1. The van der Waals surface area contributed by atoms with Gasteiger partial charge in [0.25, 0.3) is 0 Å². The molecule has 0 spiro atoms. The first kappa shape index (κ1) is 21.3. The molecule has 0 bridgehead atoms. The molecule has 1 aliphatic carbocycles. The maximum atomic E-state index is 12.7. The van der Waals surface area contributed by atoms with Gasteiger partial charge in [0, 0.05) is 23.0 Å². The van der Waals surface area contributed by atoms with E-state index in [-0.39, 0.29) is 11.7 Å². The highest BCUT2D eigenvalue weighted by atomic mass is 35.5. The van der Waals surface area contributed by atoms with Crippen molar-refractivity contribution in [2.75, 3.05) is 11.9 Å². The highest BCUT2D eigenvalue weighted by molar-refractivity contribution is 6.30. The molecule has 166 valence electrons. The van der Waals surface area contributed by atoms with Crippen LogP contribution in [-0.2, 0) is 6.42 Å². The minimum Gasteiger partial charge on any atom is -0.494 e. The van der Waals surface area contributed by atoms with Gasteiger partial charge in [-0.2, -0.15) is 0 Å². The summed E-state index contributed by atoms with van der Waals surface area (Å²) in [6, 6.07) is 13.4. The van der Waals surface area contributed by atoms with Crippen molar-refractivity contribution < 1.29 is 9.53 Å². The first-order valence-electron chi connectivity index (χ1n) is 10.8. The number of halogens is 1. The second-order valence-corrected chi connectivity index (χ2v) is 8.44. The number of aromatic nitrogens is 4. The Hall–Kier alpha value is -3.58. The summed E-state index contributed by atoms with van der Waals surface area (Å²) in [4.78, 5) is 30.8. The Balaban J connectivity index is 1.42. The molecule has 0 saturated carbocycles. The first-order chi connectivity index (χ1) is 16.0. The summed E-state index contributed by atoms with van der Waals surface area (Å²) >= 11 is 6.15. The number of rotatable bonds is 5. The molecule has 1 aliphatic rings. The Morgan fingerprint density at radius 2 is 1.97 bits per heavy atom. The number of Topliss-reactive ketones (excluding diaryl/α,β-unsaturated/α-hetero) is 1. The normalized spacial score (nSPS) is 15.4. The lowest BCUT2D eigenvalue weighted by atomic mass is 9.82. The molecule has 8 heteroatoms. The standard InChI is InChI=1S/C25H22ClN5O2/c1-3-33-18-7-8-21-19(12-18)14(2)28-25(29-21)31-24-27-13-20-22(30-24)10-16(11-23(20)32)15-5-4-6-17(26)9-15/h4-9,12-13,16H,3,10-11H2,1-2H3,(H,27,28,29,30,31). The number of ether oxygens (including phenoxy) is 1. The number of nitrogens with one attached hydrogen (secondary N) is 1. The lowest BCUT2D eigenvalue weighted by Gasteiger charge is -2.23. The van der Waals surface area contributed by atoms with Gasteiger partial charge in [-0.15, -0.1) is 0 Å². The number of ketones is 1. The van der Waals surface area contributed by atoms with Crippen LogP contribution in [-0.4, -0.2) is 32.3 Å². The summed E-state index contributed by atoms with van der Waals surface area (Å²) in [7, 11) is 0. The van der Waals surface area contributed by atoms with Gasteiger partial charge in [-0.25, -0.2) is 19.9 Å². The minimum absolute atomic E-state index is 0.0325. The van der Waals surface area contributed by atoms with E-state index in [4.69, 9.17) is 16.3 Å². The Morgan fingerprint density at radius 3 is 2.79 bits per heavy atom. The van der Waals surface area contributed by atoms with Crippen LogP contribution in [0, 0.1) is 6.92 Å². The lowest BCUT2D eigenvalue weighted by molar-refractivity contribution is 0.0962. The van der Waals surface area contributed by atoms with Crippen LogP contribution >= 0.6 is 11.6 Å². The van der Waals surface area contributed by atoms with Crippen molar-refractivity contribution in [1.82, 2.24) is 19.9 Å². The number of nitrogens with zero attached hydrogens (tertiary/aromatic N) is 4. The summed E-state index contributed by atoms with van der Waals surface area (Å²) in [5.41, 5.74) is 3.93. The lowest BCUT2D eigenvalue weighted by Crippen LogP contribution is -2.21. The van der Waals surface area contributed by atoms with Crippen molar-refractivity contribution in [3.05, 3.63) is 76.2 Å². The zero-order valence-corrected chi connectivity index (χ0v) is 19.1. The van der Waals surface area contributed by atoms with E-state index < -0.39 is 0 Å². The number of anilines is 2. The van der Waals surface area contributed by atoms with Crippen molar-refractivity contribution in [3.8, 4) is 5.75 Å². The Morgan fingerprint density at radius 1 is 1.09 bits per heavy atom. The Kier molecular flexibility index (Phi) is 5.64. The molecular formula is C25H22ClN5O2. The van der Waals surface area contributed by atoms with Gasteiger partial charge in [0.05, 0.1) is 29.1 Å². The molecule has 0 amide bonds. The maximum Gasteiger partial charge on any atom is 0.230 e. The SMILES string of the molecule is CCOc1ccc2nc(Nc3ncc4c(n3)CC(c3cccc(Cl)c3)CC4=O)nc(C)c2c1. The maximum absolute atomic E-state index is 12.7. The number of hydrogen-bond acceptors (Lipinski definition) is 7. The fraction of sp³-hybridized carbons (Fsp3) is 0.240. The molecule has 4 aromatic rings. The smallest absolute Gasteiger partial charge is 0.230 e. The van der Waals surface area contributed by atoms with Crippen molar-refractivity contribution in [2.24, 2.45) is 0 Å². The minimum atomic E-state index is 0.0325. The van der Waals surface area contributed by atoms with E-state index in [9.17, 15) is 4.79 Å². The Labute approximate surface area is 196 Å². The van der Waals surface area contributed by atoms with Gasteiger partial charge in [-0.1, -0.05) is 23.7 Å². The number of carbonyl (C=O) groups is 1. The quantitative estimate of drug-likeness (QED) is 0.425. The molecule has 0 aliphatic heterocycles. The molecule has 0 fully saturated rings. The molecular weight excluding hydrogens is 438 g/mol. The third-order valence-electron chi connectivity index (χ3n) is 5.75. The average Bonchev–Trinajstić information content (AvgIpc) is 2.79. The molecule has 1 atom stereocenters. The molecule has 2 aromatic heterocycles. The largest absolute Gasteiger partial charge is 0.494 e. The van der Waals surface area contributed by atoms with E-state index in [1.807, 2.05) is 56.3 Å². The highest BCUT2D eigenvalue weighted by Crippen LogP contribution is 2.33. The third kappa shape index (κ3) is 4.36. The highest BCUT2D eigenvalue weighted by Gasteiger charge is 2.28. The summed E-state index contributed by atoms with van der Waals surface area (Å²) in [6.07, 6.45) is 2.64. The van der Waals surface area contributed by atoms with Crippen molar-refractivity contribution in [3.63, 3.8) is 0 Å². The van der Waals surface area contributed by atoms with E-state index in [0.29, 0.717) is 47.6 Å². The zero-order valence-electron chi connectivity index (χ0n) is 18.3. The fourth-order valence-electron chi connectivity index (χ4n) is 4.17. The van der Waals surface area contributed by atoms with Gasteiger partial charge < -0.3 is 4.74 Å². The van der Waals surface area contributed by atoms with Gasteiger partial charge in [-0.3, -0.25) is 10.1 Å². The van der Waals surface area contributed by atoms with E-state index in [1.165, 1.54) is 0 Å². The van der Waals surface area contributed by atoms with Crippen LogP contribution in [0.25, 0.3) is 10.9 Å². The molecule has 2 aromatic carbocycles. The van der Waals surface area contributed by atoms with Crippen molar-refractivity contribution in [1.29, 1.82) is 0 Å². The monoisotopic (exact) mass is 459 g/mol. The van der Waals surface area contributed by atoms with E-state index >= 15 is 0 Å². The van der Waals surface area contributed by atoms with Crippen LogP contribution in [0.3, 0.4) is 0 Å². The second kappa shape index (κ2) is 8.75. The molecule has 1 unspecified atom stereocenters. The van der Waals surface area contributed by atoms with E-state index in [2.05, 4.69) is 25.3 Å². The summed E-state index contributed by atoms with van der Waals surface area (Å²) in [6.45, 7) is 4.47. The summed E-state index contributed by atoms with van der Waals surface area (Å²) in [5.74, 6) is 1.62. The van der Waals surface area contributed by atoms with Gasteiger partial charge in [0.15, 0.2) is 5.78 Å². The topological polar surface area (TPSA) is 89.9 Å². The molecule has 1 N–H and O–H groups in total. The molecule has 5 rings (SSSR count). The number of aryl methyl sites for hydroxylation is 1. The van der Waals surface area contributed by atoms with Crippen LogP contribution < -0.4 is 10.1 Å². The predicted molar refractivity (Wildman–Crippen MR) is 128 cm³/mol. The van der Waals surface area contributed by atoms with Crippen LogP contribution in [0.5, 0.6) is 5.75 Å². The summed E-state index contributed by atoms with van der Waals surface area (Å²) in [5, 5.41) is 4.68. The number of fused-ring (bicyclic) bond motifs is 2. The average molecular weight is 460 g/mol. The van der Waals surface area contributed by atoms with Gasteiger partial charge in [0.1, 0.15) is 5.75 Å². The number of carbonyl (C=O) groups excluding carboxylic acids is 1. The van der Waals surface area contributed by atoms with Crippen molar-refractivity contribution in [2.45, 2.75) is 32.6 Å². The fourth-order valence-corrected chi connectivity index (χ4v) is 4.37. The Bertz CT molecular complexity index is 1370. The van der Waals surface area contributed by atoms with Crippen molar-refractivity contribution >= 4 is 40.2 Å². The first-order valence-corrected chi connectivity index (χ1v) is 11.2. The van der Waals surface area contributed by atoms with Crippen LogP contribution in [0.15, 0.2) is 48.7 Å². The molecule has 33 heavy (non-hydrogen) atoms. The van der Waals surface area contributed by atoms with E-state index in [0.717, 1.165) is 27.9 Å². The summed E-state index contributed by atoms with van der Waals surface area (Å²) < 4.78 is 5.58. The second-order valence-electron chi connectivity index (χ2n) is 8.01. The number of benzene rings is 2. The van der Waals surface area contributed by atoms with Gasteiger partial charge in [-0.05, 0) is 62.1 Å². The van der Waals surface area contributed by atoms with Gasteiger partial charge in [0.2, 0.25) is 11.9 Å². The third-order valence-corrected chi connectivity index (χ3v) is 5.99. The zero-order chi connectivity index (χ0) is 22.9. The van der Waals surface area contributed by atoms with Gasteiger partial charge >= 0.3 is 0 Å². The molecule has 0 saturated heterocycles. The molecule has 0 radical (unpaired) electrons.